The van der Waals surface area contributed by atoms with Crippen LogP contribution in [0, 0.1) is 0 Å². The molecule has 0 aliphatic heterocycles. The van der Waals surface area contributed by atoms with Crippen LogP contribution in [0.1, 0.15) is 0 Å². The van der Waals surface area contributed by atoms with E-state index in [0.717, 1.165) is 0 Å². The van der Waals surface area contributed by atoms with Crippen LogP contribution in [-0.2, 0) is 29.8 Å². The molecular weight excluding hydrogens is 360 g/mol. The van der Waals surface area contributed by atoms with Gasteiger partial charge in [-0.05, 0) is 0 Å². The molecule has 0 aromatic rings. The van der Waals surface area contributed by atoms with Gasteiger partial charge in [0.15, 0.2) is 10.5 Å². The van der Waals surface area contributed by atoms with Crippen molar-refractivity contribution in [3.63, 3.8) is 0 Å². The van der Waals surface area contributed by atoms with E-state index in [9.17, 15) is 26.4 Å². The van der Waals surface area contributed by atoms with E-state index in [1.807, 2.05) is 0 Å². The minimum absolute atomic E-state index is 0.536. The number of rotatable bonds is 9. The van der Waals surface area contributed by atoms with Crippen molar-refractivity contribution in [1.29, 1.82) is 0 Å². The molecule has 14 heteroatoms. The molecule has 0 saturated carbocycles. The molecule has 0 aliphatic carbocycles. The van der Waals surface area contributed by atoms with Crippen molar-refractivity contribution < 1.29 is 45.7 Å². The van der Waals surface area contributed by atoms with Gasteiger partial charge in [0.1, 0.15) is 0 Å². The minimum Gasteiger partial charge on any atom is -0.480 e. The Morgan fingerprint density at radius 2 is 1.05 bits per heavy atom. The van der Waals surface area contributed by atoms with Crippen molar-refractivity contribution in [2.75, 3.05) is 11.5 Å². The Morgan fingerprint density at radius 1 is 0.800 bits per heavy atom. The third kappa shape index (κ3) is 6.76. The van der Waals surface area contributed by atoms with E-state index in [4.69, 9.17) is 19.3 Å². The summed E-state index contributed by atoms with van der Waals surface area (Å²) in [4.78, 5) is 21.1. The largest absolute Gasteiger partial charge is 0.480 e. The van der Waals surface area contributed by atoms with Crippen LogP contribution in [0.5, 0.6) is 0 Å². The van der Waals surface area contributed by atoms with Gasteiger partial charge >= 0.3 is 11.9 Å². The average Bonchev–Trinajstić information content (AvgIpc) is 2.17. The Morgan fingerprint density at radius 3 is 1.20 bits per heavy atom. The highest BCUT2D eigenvalue weighted by Gasteiger charge is 2.33. The summed E-state index contributed by atoms with van der Waals surface area (Å²) in [5, 5.41) is 12.9. The van der Waals surface area contributed by atoms with E-state index in [2.05, 4.69) is 0 Å². The zero-order chi connectivity index (χ0) is 16.1. The van der Waals surface area contributed by atoms with E-state index in [1.54, 1.807) is 0 Å². The third-order valence-corrected chi connectivity index (χ3v) is 6.81. The van der Waals surface area contributed by atoms with Gasteiger partial charge in [0, 0.05) is 11.5 Å². The van der Waals surface area contributed by atoms with E-state index in [1.165, 1.54) is 0 Å². The molecule has 0 rings (SSSR count). The number of aliphatic carboxylic acids is 2. The van der Waals surface area contributed by atoms with E-state index in [-0.39, 0.29) is 0 Å². The molecule has 10 nitrogen and oxygen atoms in total. The zero-order valence-electron chi connectivity index (χ0n) is 9.44. The molecular formula is C6H10O10S4. The lowest BCUT2D eigenvalue weighted by Crippen LogP contribution is -2.33. The lowest BCUT2D eigenvalue weighted by molar-refractivity contribution is -0.137. The Labute approximate surface area is 121 Å². The highest BCUT2D eigenvalue weighted by molar-refractivity contribution is 8.76. The lowest BCUT2D eigenvalue weighted by Gasteiger charge is -2.10. The van der Waals surface area contributed by atoms with Gasteiger partial charge in [0.25, 0.3) is 20.2 Å². The minimum atomic E-state index is -4.83. The summed E-state index contributed by atoms with van der Waals surface area (Å²) in [5.41, 5.74) is 0. The van der Waals surface area contributed by atoms with Crippen molar-refractivity contribution >= 4 is 53.8 Å². The van der Waals surface area contributed by atoms with Gasteiger partial charge in [0.2, 0.25) is 0 Å². The predicted molar refractivity (Wildman–Crippen MR) is 70.9 cm³/mol. The molecule has 0 heterocycles. The molecule has 0 amide bonds. The molecule has 0 fully saturated rings. The fourth-order valence-electron chi connectivity index (χ4n) is 0.789. The Hall–Kier alpha value is -0.540. The standard InChI is InChI=1S/C6H10O10S4/c7-5(8)3(19(11,12)13)1-17-18-2-4(6(9)10)20(14,15)16/h3-4H,1-2H2,(H,7,8)(H,9,10)(H,11,12,13)(H,14,15,16). The van der Waals surface area contributed by atoms with Crippen LogP contribution in [-0.4, -0.2) is 70.1 Å². The van der Waals surface area contributed by atoms with Crippen LogP contribution in [0.15, 0.2) is 0 Å². The summed E-state index contributed by atoms with van der Waals surface area (Å²) in [6.45, 7) is 0. The molecule has 0 bridgehead atoms. The van der Waals surface area contributed by atoms with Gasteiger partial charge in [-0.15, -0.1) is 0 Å². The highest BCUT2D eigenvalue weighted by atomic mass is 33.1. The number of hydrogen-bond acceptors (Lipinski definition) is 8. The molecule has 0 radical (unpaired) electrons. The normalized spacial score (nSPS) is 15.5. The maximum Gasteiger partial charge on any atom is 0.325 e. The predicted octanol–water partition coefficient (Wildman–Crippen LogP) is -0.950. The van der Waals surface area contributed by atoms with Gasteiger partial charge in [-0.3, -0.25) is 18.7 Å². The quantitative estimate of drug-likeness (QED) is 0.222. The summed E-state index contributed by atoms with van der Waals surface area (Å²) in [5.74, 6) is -4.86. The summed E-state index contributed by atoms with van der Waals surface area (Å²) in [6, 6.07) is 0. The number of carboxylic acid groups (broad SMARTS) is 2. The van der Waals surface area contributed by atoms with Crippen LogP contribution >= 0.6 is 21.6 Å². The second kappa shape index (κ2) is 7.46. The first-order valence-electron chi connectivity index (χ1n) is 4.50. The zero-order valence-corrected chi connectivity index (χ0v) is 12.7. The van der Waals surface area contributed by atoms with Crippen molar-refractivity contribution in [3.05, 3.63) is 0 Å². The van der Waals surface area contributed by atoms with Crippen LogP contribution in [0.2, 0.25) is 0 Å². The van der Waals surface area contributed by atoms with E-state index in [0.29, 0.717) is 21.6 Å². The Balaban J connectivity index is 4.52. The highest BCUT2D eigenvalue weighted by Crippen LogP contribution is 2.26. The summed E-state index contributed by atoms with van der Waals surface area (Å²) >= 11 is 0. The lowest BCUT2D eigenvalue weighted by atomic mass is 10.5. The van der Waals surface area contributed by atoms with Crippen LogP contribution in [0.3, 0.4) is 0 Å². The van der Waals surface area contributed by atoms with Gasteiger partial charge in [-0.2, -0.15) is 16.8 Å². The van der Waals surface area contributed by atoms with E-state index < -0.39 is 54.2 Å². The Kier molecular flexibility index (Phi) is 7.26. The molecule has 20 heavy (non-hydrogen) atoms. The monoisotopic (exact) mass is 370 g/mol. The average molecular weight is 370 g/mol. The topological polar surface area (TPSA) is 183 Å². The first-order valence-corrected chi connectivity index (χ1v) is 9.99. The number of carbonyl (C=O) groups is 2. The van der Waals surface area contributed by atoms with Crippen molar-refractivity contribution in [2.45, 2.75) is 10.5 Å². The molecule has 0 aliphatic rings. The van der Waals surface area contributed by atoms with E-state index >= 15 is 0 Å². The fourth-order valence-corrected chi connectivity index (χ4v) is 5.72. The van der Waals surface area contributed by atoms with Gasteiger partial charge in [0.05, 0.1) is 0 Å². The summed E-state index contributed by atoms with van der Waals surface area (Å²) in [7, 11) is -8.58. The Bertz CT molecular complexity index is 511. The molecule has 4 N–H and O–H groups in total. The maximum atomic E-state index is 10.7. The maximum absolute atomic E-state index is 10.7. The number of hydrogen-bond donors (Lipinski definition) is 4. The van der Waals surface area contributed by atoms with Crippen LogP contribution in [0.4, 0.5) is 0 Å². The van der Waals surface area contributed by atoms with Crippen LogP contribution in [0.25, 0.3) is 0 Å². The smallest absolute Gasteiger partial charge is 0.325 e. The van der Waals surface area contributed by atoms with Crippen molar-refractivity contribution in [1.82, 2.24) is 0 Å². The fraction of sp³-hybridized carbons (Fsp3) is 0.667. The molecule has 2 atom stereocenters. The van der Waals surface area contributed by atoms with Crippen molar-refractivity contribution in [3.8, 4) is 0 Å². The second-order valence-corrected chi connectivity index (χ2v) is 9.00. The second-order valence-electron chi connectivity index (χ2n) is 3.25. The molecule has 0 spiro atoms. The molecule has 0 saturated heterocycles. The van der Waals surface area contributed by atoms with Crippen LogP contribution < -0.4 is 0 Å². The molecule has 0 aromatic carbocycles. The molecule has 0 aromatic heterocycles. The third-order valence-electron chi connectivity index (χ3n) is 1.79. The van der Waals surface area contributed by atoms with Crippen molar-refractivity contribution in [2.24, 2.45) is 0 Å². The molecule has 2 unspecified atom stereocenters. The number of carboxylic acids is 2. The first kappa shape index (κ1) is 19.5. The summed E-state index contributed by atoms with van der Waals surface area (Å²) < 4.78 is 60.0. The first-order chi connectivity index (χ1) is 8.87. The van der Waals surface area contributed by atoms with Gasteiger partial charge in [-0.1, -0.05) is 21.6 Å². The van der Waals surface area contributed by atoms with Gasteiger partial charge < -0.3 is 10.2 Å². The summed E-state index contributed by atoms with van der Waals surface area (Å²) in [6.07, 6.45) is 0. The molecule has 118 valence electrons. The van der Waals surface area contributed by atoms with Gasteiger partial charge in [-0.25, -0.2) is 0 Å². The SMILES string of the molecule is O=C(O)C(CSSCC(C(=O)O)S(=O)(=O)O)S(=O)(=O)O.